The fraction of sp³-hybridized carbons (Fsp3) is 0.0667. The zero-order valence-electron chi connectivity index (χ0n) is 9.98. The predicted molar refractivity (Wildman–Crippen MR) is 69.3 cm³/mol. The lowest BCUT2D eigenvalue weighted by molar-refractivity contribution is -0.596. The van der Waals surface area contributed by atoms with Crippen molar-refractivity contribution in [3.8, 4) is 5.69 Å². The first-order chi connectivity index (χ1) is 8.92. The molecule has 0 bridgehead atoms. The number of aromatic nitrogens is 3. The maximum atomic E-state index is 4.37. The Morgan fingerprint density at radius 3 is 2.28 bits per heavy atom. The lowest BCUT2D eigenvalue weighted by Gasteiger charge is -1.95. The van der Waals surface area contributed by atoms with Crippen LogP contribution >= 0.6 is 0 Å². The molecule has 0 amide bonds. The quantitative estimate of drug-likeness (QED) is 0.639. The summed E-state index contributed by atoms with van der Waals surface area (Å²) in [4.78, 5) is 0. The molecule has 0 spiro atoms. The summed E-state index contributed by atoms with van der Waals surface area (Å²) >= 11 is 0. The van der Waals surface area contributed by atoms with Crippen molar-refractivity contribution < 1.29 is 4.57 Å². The Labute approximate surface area is 106 Å². The highest BCUT2D eigenvalue weighted by Gasteiger charge is 2.07. The van der Waals surface area contributed by atoms with Crippen molar-refractivity contribution in [3.05, 3.63) is 78.9 Å². The maximum absolute atomic E-state index is 4.37. The van der Waals surface area contributed by atoms with Gasteiger partial charge < -0.3 is 0 Å². The SMILES string of the molecule is c1ccc(Cn2c[n+](-c3ccccc3)cn2)cc1. The van der Waals surface area contributed by atoms with Gasteiger partial charge in [-0.1, -0.05) is 48.5 Å². The second kappa shape index (κ2) is 4.84. The Hall–Kier alpha value is -2.42. The van der Waals surface area contributed by atoms with Gasteiger partial charge in [0, 0.05) is 5.10 Å². The largest absolute Gasteiger partial charge is 0.270 e. The molecule has 1 aromatic heterocycles. The van der Waals surface area contributed by atoms with Crippen LogP contribution < -0.4 is 4.57 Å². The third-order valence-corrected chi connectivity index (χ3v) is 2.82. The van der Waals surface area contributed by atoms with Crippen LogP contribution in [0.15, 0.2) is 73.3 Å². The molecule has 0 unspecified atom stereocenters. The van der Waals surface area contributed by atoms with E-state index in [1.807, 2.05) is 58.3 Å². The Bertz CT molecular complexity index is 615. The molecule has 3 aromatic rings. The van der Waals surface area contributed by atoms with Crippen molar-refractivity contribution in [2.24, 2.45) is 0 Å². The van der Waals surface area contributed by atoms with Gasteiger partial charge in [-0.05, 0) is 17.7 Å². The third-order valence-electron chi connectivity index (χ3n) is 2.82. The van der Waals surface area contributed by atoms with Crippen molar-refractivity contribution in [2.75, 3.05) is 0 Å². The standard InChI is InChI=1S/C15H14N3/c1-3-7-14(8-4-1)11-18-13-17(12-16-18)15-9-5-2-6-10-15/h1-10,12-13H,11H2/q+1. The van der Waals surface area contributed by atoms with E-state index in [2.05, 4.69) is 29.4 Å². The van der Waals surface area contributed by atoms with E-state index < -0.39 is 0 Å². The molecule has 3 nitrogen and oxygen atoms in total. The molecule has 0 saturated carbocycles. The van der Waals surface area contributed by atoms with Crippen molar-refractivity contribution in [1.82, 2.24) is 9.78 Å². The Balaban J connectivity index is 1.82. The van der Waals surface area contributed by atoms with Crippen molar-refractivity contribution in [2.45, 2.75) is 6.54 Å². The molecular formula is C15H14N3+. The molecule has 0 aliphatic carbocycles. The summed E-state index contributed by atoms with van der Waals surface area (Å²) in [6.45, 7) is 0.792. The van der Waals surface area contributed by atoms with Crippen LogP contribution in [-0.4, -0.2) is 9.78 Å². The topological polar surface area (TPSA) is 21.7 Å². The second-order valence-electron chi connectivity index (χ2n) is 4.17. The van der Waals surface area contributed by atoms with Gasteiger partial charge in [0.15, 0.2) is 0 Å². The second-order valence-corrected chi connectivity index (χ2v) is 4.17. The van der Waals surface area contributed by atoms with Crippen molar-refractivity contribution in [1.29, 1.82) is 0 Å². The Kier molecular flexibility index (Phi) is 2.88. The molecule has 0 fully saturated rings. The number of para-hydroxylation sites is 1. The number of hydrogen-bond donors (Lipinski definition) is 0. The average Bonchev–Trinajstić information content (AvgIpc) is 2.89. The smallest absolute Gasteiger partial charge is 0.203 e. The van der Waals surface area contributed by atoms with Crippen molar-refractivity contribution in [3.63, 3.8) is 0 Å². The van der Waals surface area contributed by atoms with Crippen LogP contribution in [0.5, 0.6) is 0 Å². The summed E-state index contributed by atoms with van der Waals surface area (Å²) < 4.78 is 3.95. The van der Waals surface area contributed by atoms with Crippen molar-refractivity contribution >= 4 is 0 Å². The normalized spacial score (nSPS) is 10.4. The van der Waals surface area contributed by atoms with E-state index in [-0.39, 0.29) is 0 Å². The number of nitrogens with zero attached hydrogens (tertiary/aromatic N) is 3. The highest BCUT2D eigenvalue weighted by atomic mass is 15.3. The molecule has 0 radical (unpaired) electrons. The van der Waals surface area contributed by atoms with E-state index in [0.29, 0.717) is 0 Å². The van der Waals surface area contributed by atoms with E-state index in [1.54, 1.807) is 0 Å². The highest BCUT2D eigenvalue weighted by Crippen LogP contribution is 2.01. The van der Waals surface area contributed by atoms with Gasteiger partial charge in [0.25, 0.3) is 6.33 Å². The molecule has 0 N–H and O–H groups in total. The average molecular weight is 236 g/mol. The first-order valence-corrected chi connectivity index (χ1v) is 5.95. The zero-order chi connectivity index (χ0) is 12.2. The molecule has 3 heteroatoms. The van der Waals surface area contributed by atoms with Crippen LogP contribution in [0.4, 0.5) is 0 Å². The van der Waals surface area contributed by atoms with Crippen LogP contribution in [0.3, 0.4) is 0 Å². The minimum Gasteiger partial charge on any atom is -0.203 e. The molecule has 2 aromatic carbocycles. The molecule has 0 saturated heterocycles. The summed E-state index contributed by atoms with van der Waals surface area (Å²) in [5.74, 6) is 0. The van der Waals surface area contributed by atoms with E-state index in [9.17, 15) is 0 Å². The Morgan fingerprint density at radius 2 is 1.56 bits per heavy atom. The minimum atomic E-state index is 0.792. The molecule has 3 rings (SSSR count). The monoisotopic (exact) mass is 236 g/mol. The van der Waals surface area contributed by atoms with Gasteiger partial charge in [-0.25, -0.2) is 4.57 Å². The number of benzene rings is 2. The van der Waals surface area contributed by atoms with Gasteiger partial charge >= 0.3 is 0 Å². The van der Waals surface area contributed by atoms with E-state index >= 15 is 0 Å². The lowest BCUT2D eigenvalue weighted by atomic mass is 10.2. The maximum Gasteiger partial charge on any atom is 0.270 e. The summed E-state index contributed by atoms with van der Waals surface area (Å²) in [7, 11) is 0. The van der Waals surface area contributed by atoms with Gasteiger partial charge in [0.05, 0.1) is 0 Å². The molecule has 1 heterocycles. The summed E-state index contributed by atoms with van der Waals surface area (Å²) in [6.07, 6.45) is 3.83. The minimum absolute atomic E-state index is 0.792. The predicted octanol–water partition coefficient (Wildman–Crippen LogP) is 2.21. The number of rotatable bonds is 3. The molecule has 88 valence electrons. The highest BCUT2D eigenvalue weighted by molar-refractivity contribution is 5.20. The van der Waals surface area contributed by atoms with E-state index in [4.69, 9.17) is 0 Å². The molecule has 18 heavy (non-hydrogen) atoms. The summed E-state index contributed by atoms with van der Waals surface area (Å²) in [5.41, 5.74) is 2.37. The van der Waals surface area contributed by atoms with Crippen LogP contribution in [0.2, 0.25) is 0 Å². The van der Waals surface area contributed by atoms with Crippen LogP contribution in [-0.2, 0) is 6.54 Å². The lowest BCUT2D eigenvalue weighted by Crippen LogP contribution is -2.27. The van der Waals surface area contributed by atoms with E-state index in [0.717, 1.165) is 12.2 Å². The molecular weight excluding hydrogens is 222 g/mol. The fourth-order valence-electron chi connectivity index (χ4n) is 1.91. The van der Waals surface area contributed by atoms with Gasteiger partial charge in [-0.3, -0.25) is 0 Å². The zero-order valence-corrected chi connectivity index (χ0v) is 9.98. The molecule has 0 aliphatic rings. The third kappa shape index (κ3) is 2.30. The Morgan fingerprint density at radius 1 is 0.889 bits per heavy atom. The van der Waals surface area contributed by atoms with Crippen LogP contribution in [0.1, 0.15) is 5.56 Å². The van der Waals surface area contributed by atoms with Crippen LogP contribution in [0.25, 0.3) is 5.69 Å². The van der Waals surface area contributed by atoms with Crippen LogP contribution in [0, 0.1) is 0 Å². The van der Waals surface area contributed by atoms with Gasteiger partial charge in [0.1, 0.15) is 12.2 Å². The first-order valence-electron chi connectivity index (χ1n) is 5.95. The van der Waals surface area contributed by atoms with E-state index in [1.165, 1.54) is 5.56 Å². The fourth-order valence-corrected chi connectivity index (χ4v) is 1.91. The molecule has 0 aliphatic heterocycles. The summed E-state index contributed by atoms with van der Waals surface area (Å²) in [5, 5.41) is 4.37. The van der Waals surface area contributed by atoms with Gasteiger partial charge in [-0.15, -0.1) is 4.68 Å². The number of hydrogen-bond acceptors (Lipinski definition) is 1. The summed E-state index contributed by atoms with van der Waals surface area (Å²) in [6, 6.07) is 20.5. The first kappa shape index (κ1) is 10.7. The molecule has 0 atom stereocenters. The van der Waals surface area contributed by atoms with Gasteiger partial charge in [0.2, 0.25) is 6.33 Å². The van der Waals surface area contributed by atoms with Gasteiger partial charge in [-0.2, -0.15) is 0 Å².